The monoisotopic (exact) mass is 402 g/mol. The van der Waals surface area contributed by atoms with E-state index in [-0.39, 0.29) is 5.91 Å². The molecule has 152 valence electrons. The summed E-state index contributed by atoms with van der Waals surface area (Å²) in [5.74, 6) is 2.00. The van der Waals surface area contributed by atoms with Crippen LogP contribution in [0.5, 0.6) is 11.5 Å². The van der Waals surface area contributed by atoms with Crippen LogP contribution in [0.2, 0.25) is 0 Å². The van der Waals surface area contributed by atoms with Gasteiger partial charge in [0.05, 0.1) is 12.8 Å². The van der Waals surface area contributed by atoms with Gasteiger partial charge in [0.15, 0.2) is 11.9 Å². The number of anilines is 1. The van der Waals surface area contributed by atoms with Crippen molar-refractivity contribution in [1.29, 1.82) is 0 Å². The first-order valence-corrected chi connectivity index (χ1v) is 9.90. The molecule has 0 spiro atoms. The minimum atomic E-state index is -0.540. The van der Waals surface area contributed by atoms with E-state index in [1.54, 1.807) is 14.0 Å². The zero-order valence-corrected chi connectivity index (χ0v) is 17.3. The molecule has 1 N–H and O–H groups in total. The lowest BCUT2D eigenvalue weighted by atomic mass is 9.94. The molecule has 2 aromatic carbocycles. The van der Waals surface area contributed by atoms with Gasteiger partial charge in [0.25, 0.3) is 5.91 Å². The lowest BCUT2D eigenvalue weighted by Crippen LogP contribution is -2.34. The van der Waals surface area contributed by atoms with E-state index < -0.39 is 6.10 Å². The minimum Gasteiger partial charge on any atom is -0.497 e. The summed E-state index contributed by atoms with van der Waals surface area (Å²) in [4.78, 5) is 16.8. The standard InChI is InChI=1S/C24H22N2O4/c1-12-7-15-8-19-21(29-14(3)24(27)26-19)10-18(15)22(25-11-12)23-13(2)17-9-16(28-4)5-6-20(17)30-23/h5-6,8-11,14H,7H2,1-4H3,(H,26,27). The van der Waals surface area contributed by atoms with Gasteiger partial charge in [-0.05, 0) is 63.1 Å². The van der Waals surface area contributed by atoms with Gasteiger partial charge in [0.1, 0.15) is 22.8 Å². The molecule has 2 aliphatic rings. The molecule has 0 saturated heterocycles. The van der Waals surface area contributed by atoms with Gasteiger partial charge in [-0.1, -0.05) is 5.57 Å². The van der Waals surface area contributed by atoms with Crippen LogP contribution < -0.4 is 14.8 Å². The molecule has 0 saturated carbocycles. The number of aryl methyl sites for hydroxylation is 1. The molecule has 0 fully saturated rings. The number of carbonyl (C=O) groups is 1. The SMILES string of the molecule is COc1ccc2oc(C3=NC=C(C)Cc4cc5c(cc43)OC(C)C(=O)N5)c(C)c2c1. The zero-order chi connectivity index (χ0) is 21.0. The highest BCUT2D eigenvalue weighted by molar-refractivity contribution is 6.16. The van der Waals surface area contributed by atoms with Crippen molar-refractivity contribution >= 4 is 28.3 Å². The fourth-order valence-corrected chi connectivity index (χ4v) is 3.99. The Hall–Kier alpha value is -3.54. The predicted octanol–water partition coefficient (Wildman–Crippen LogP) is 4.77. The number of carbonyl (C=O) groups excluding carboxylic acids is 1. The molecular weight excluding hydrogens is 380 g/mol. The number of nitrogens with zero attached hydrogens (tertiary/aromatic N) is 1. The number of aliphatic imine (C=N–C) groups is 1. The van der Waals surface area contributed by atoms with Crippen LogP contribution in [0, 0.1) is 6.92 Å². The highest BCUT2D eigenvalue weighted by atomic mass is 16.5. The zero-order valence-electron chi connectivity index (χ0n) is 17.3. The summed E-state index contributed by atoms with van der Waals surface area (Å²) in [6.45, 7) is 5.81. The molecule has 0 bridgehead atoms. The Bertz CT molecular complexity index is 1270. The minimum absolute atomic E-state index is 0.140. The number of nitrogens with one attached hydrogen (secondary N) is 1. The fraction of sp³-hybridized carbons (Fsp3) is 0.250. The van der Waals surface area contributed by atoms with Gasteiger partial charge in [-0.2, -0.15) is 0 Å². The number of amides is 1. The first kappa shape index (κ1) is 18.5. The third-order valence-corrected chi connectivity index (χ3v) is 5.63. The maximum absolute atomic E-state index is 12.0. The average molecular weight is 402 g/mol. The lowest BCUT2D eigenvalue weighted by molar-refractivity contribution is -0.122. The van der Waals surface area contributed by atoms with Crippen molar-refractivity contribution in [1.82, 2.24) is 0 Å². The molecule has 5 rings (SSSR count). The number of benzene rings is 2. The van der Waals surface area contributed by atoms with Crippen LogP contribution in [-0.2, 0) is 11.2 Å². The van der Waals surface area contributed by atoms with Crippen LogP contribution in [0.1, 0.15) is 36.3 Å². The van der Waals surface area contributed by atoms with Crippen molar-refractivity contribution < 1.29 is 18.7 Å². The molecular formula is C24H22N2O4. The third-order valence-electron chi connectivity index (χ3n) is 5.63. The van der Waals surface area contributed by atoms with Crippen molar-refractivity contribution in [2.45, 2.75) is 33.3 Å². The lowest BCUT2D eigenvalue weighted by Gasteiger charge is -2.25. The number of rotatable bonds is 2. The number of hydrogen-bond donors (Lipinski definition) is 1. The van der Waals surface area contributed by atoms with E-state index in [0.717, 1.165) is 56.9 Å². The number of methoxy groups -OCH3 is 1. The van der Waals surface area contributed by atoms with Crippen LogP contribution in [0.3, 0.4) is 0 Å². The molecule has 1 amide bonds. The van der Waals surface area contributed by atoms with Crippen LogP contribution in [0.4, 0.5) is 5.69 Å². The third kappa shape index (κ3) is 2.87. The maximum atomic E-state index is 12.0. The number of fused-ring (bicyclic) bond motifs is 3. The van der Waals surface area contributed by atoms with Gasteiger partial charge in [0.2, 0.25) is 0 Å². The van der Waals surface area contributed by atoms with Crippen LogP contribution in [-0.4, -0.2) is 24.8 Å². The Morgan fingerprint density at radius 3 is 2.83 bits per heavy atom. The number of hydrogen-bond acceptors (Lipinski definition) is 5. The largest absolute Gasteiger partial charge is 0.497 e. The van der Waals surface area contributed by atoms with E-state index in [9.17, 15) is 4.79 Å². The summed E-state index contributed by atoms with van der Waals surface area (Å²) >= 11 is 0. The molecule has 3 heterocycles. The number of ether oxygens (including phenoxy) is 2. The van der Waals surface area contributed by atoms with E-state index in [1.807, 2.05) is 50.4 Å². The van der Waals surface area contributed by atoms with Crippen molar-refractivity contribution in [2.75, 3.05) is 12.4 Å². The Morgan fingerprint density at radius 2 is 2.03 bits per heavy atom. The first-order valence-electron chi connectivity index (χ1n) is 9.90. The molecule has 0 aliphatic carbocycles. The van der Waals surface area contributed by atoms with Gasteiger partial charge in [0, 0.05) is 22.7 Å². The van der Waals surface area contributed by atoms with Gasteiger partial charge >= 0.3 is 0 Å². The summed E-state index contributed by atoms with van der Waals surface area (Å²) in [5, 5.41) is 3.93. The van der Waals surface area contributed by atoms with Crippen molar-refractivity contribution in [2.24, 2.45) is 4.99 Å². The topological polar surface area (TPSA) is 73.1 Å². The summed E-state index contributed by atoms with van der Waals surface area (Å²) in [5.41, 5.74) is 6.36. The smallest absolute Gasteiger partial charge is 0.265 e. The second kappa shape index (κ2) is 6.76. The van der Waals surface area contributed by atoms with Gasteiger partial charge in [-0.25, -0.2) is 0 Å². The summed E-state index contributed by atoms with van der Waals surface area (Å²) in [6.07, 6.45) is 2.07. The van der Waals surface area contributed by atoms with Crippen molar-refractivity contribution in [3.05, 3.63) is 64.6 Å². The molecule has 2 aliphatic heterocycles. The molecule has 30 heavy (non-hydrogen) atoms. The maximum Gasteiger partial charge on any atom is 0.265 e. The van der Waals surface area contributed by atoms with E-state index >= 15 is 0 Å². The van der Waals surface area contributed by atoms with Gasteiger partial charge in [-0.3, -0.25) is 9.79 Å². The Labute approximate surface area is 174 Å². The average Bonchev–Trinajstić information content (AvgIpc) is 2.96. The summed E-state index contributed by atoms with van der Waals surface area (Å²) in [6, 6.07) is 9.71. The highest BCUT2D eigenvalue weighted by Gasteiger charge is 2.28. The van der Waals surface area contributed by atoms with Crippen LogP contribution in [0.25, 0.3) is 11.0 Å². The van der Waals surface area contributed by atoms with Crippen molar-refractivity contribution in [3.8, 4) is 11.5 Å². The molecule has 3 aromatic rings. The Morgan fingerprint density at radius 1 is 1.20 bits per heavy atom. The molecule has 1 unspecified atom stereocenters. The molecule has 1 aromatic heterocycles. The van der Waals surface area contributed by atoms with Crippen LogP contribution >= 0.6 is 0 Å². The fourth-order valence-electron chi connectivity index (χ4n) is 3.99. The van der Waals surface area contributed by atoms with Gasteiger partial charge in [-0.15, -0.1) is 0 Å². The number of allylic oxidation sites excluding steroid dienone is 1. The second-order valence-electron chi connectivity index (χ2n) is 7.80. The molecule has 6 heteroatoms. The second-order valence-corrected chi connectivity index (χ2v) is 7.80. The van der Waals surface area contributed by atoms with Crippen molar-refractivity contribution in [3.63, 3.8) is 0 Å². The molecule has 0 radical (unpaired) electrons. The number of furan rings is 1. The molecule has 6 nitrogen and oxygen atoms in total. The van der Waals surface area contributed by atoms with E-state index in [1.165, 1.54) is 0 Å². The van der Waals surface area contributed by atoms with E-state index in [4.69, 9.17) is 18.9 Å². The summed E-state index contributed by atoms with van der Waals surface area (Å²) < 4.78 is 17.5. The summed E-state index contributed by atoms with van der Waals surface area (Å²) in [7, 11) is 1.65. The van der Waals surface area contributed by atoms with Gasteiger partial charge < -0.3 is 19.2 Å². The van der Waals surface area contributed by atoms with Crippen LogP contribution in [0.15, 0.2) is 51.5 Å². The normalized spacial score (nSPS) is 17.9. The first-order chi connectivity index (χ1) is 14.4. The predicted molar refractivity (Wildman–Crippen MR) is 116 cm³/mol. The van der Waals surface area contributed by atoms with E-state index in [0.29, 0.717) is 11.4 Å². The molecule has 1 atom stereocenters. The Kier molecular flexibility index (Phi) is 4.17. The van der Waals surface area contributed by atoms with E-state index in [2.05, 4.69) is 5.32 Å². The quantitative estimate of drug-likeness (QED) is 0.670. The highest BCUT2D eigenvalue weighted by Crippen LogP contribution is 2.37. The Balaban J connectivity index is 1.70.